The highest BCUT2D eigenvalue weighted by atomic mass is 35.5. The Labute approximate surface area is 43.6 Å². The fraction of sp³-hybridized carbons (Fsp3) is 0.500. The number of hydrogen-bond donors (Lipinski definition) is 0. The molecule has 0 aliphatic heterocycles. The second-order valence-electron chi connectivity index (χ2n) is 0.563. The highest BCUT2D eigenvalue weighted by Crippen LogP contribution is 1.60. The van der Waals surface area contributed by atoms with Gasteiger partial charge in [0.25, 0.3) is 0 Å². The first-order valence-electron chi connectivity index (χ1n) is 1.44. The van der Waals surface area contributed by atoms with Gasteiger partial charge in [0.05, 0.1) is 0 Å². The van der Waals surface area contributed by atoms with Crippen LogP contribution in [0.1, 0.15) is 0 Å². The SMILES string of the molecule is C=CCl.COC. The maximum absolute atomic E-state index is 4.76. The summed E-state index contributed by atoms with van der Waals surface area (Å²) in [6, 6.07) is 0. The van der Waals surface area contributed by atoms with Crippen LogP contribution in [-0.4, -0.2) is 14.2 Å². The first kappa shape index (κ1) is 9.37. The minimum absolute atomic E-state index is 1.22. The number of rotatable bonds is 0. The van der Waals surface area contributed by atoms with Gasteiger partial charge in [-0.15, -0.1) is 0 Å². The van der Waals surface area contributed by atoms with E-state index in [1.54, 1.807) is 14.2 Å². The molecule has 1 nitrogen and oxygen atoms in total. The van der Waals surface area contributed by atoms with Crippen molar-refractivity contribution in [3.63, 3.8) is 0 Å². The Hall–Kier alpha value is -0.0100. The summed E-state index contributed by atoms with van der Waals surface area (Å²) in [6.45, 7) is 3.13. The first-order chi connectivity index (χ1) is 2.83. The van der Waals surface area contributed by atoms with Crippen LogP contribution >= 0.6 is 11.6 Å². The molecular weight excluding hydrogens is 99.5 g/mol. The van der Waals surface area contributed by atoms with Crippen LogP contribution < -0.4 is 0 Å². The molecule has 0 aromatic carbocycles. The van der Waals surface area contributed by atoms with Gasteiger partial charge < -0.3 is 4.74 Å². The second kappa shape index (κ2) is 20.1. The molecule has 6 heavy (non-hydrogen) atoms. The van der Waals surface area contributed by atoms with Gasteiger partial charge >= 0.3 is 0 Å². The van der Waals surface area contributed by atoms with E-state index in [9.17, 15) is 0 Å². The van der Waals surface area contributed by atoms with E-state index < -0.39 is 0 Å². The molecule has 0 heterocycles. The van der Waals surface area contributed by atoms with E-state index in [1.807, 2.05) is 0 Å². The van der Waals surface area contributed by atoms with Crippen LogP contribution in [0.3, 0.4) is 0 Å². The summed E-state index contributed by atoms with van der Waals surface area (Å²) in [5.74, 6) is 0. The number of ether oxygens (including phenoxy) is 1. The molecule has 0 saturated carbocycles. The third kappa shape index (κ3) is 357000. The molecule has 0 radical (unpaired) electrons. The molecule has 2 heteroatoms. The van der Waals surface area contributed by atoms with E-state index in [-0.39, 0.29) is 0 Å². The fourth-order valence-electron chi connectivity index (χ4n) is 0. The zero-order chi connectivity index (χ0) is 5.41. The molecule has 0 aromatic heterocycles. The van der Waals surface area contributed by atoms with E-state index in [4.69, 9.17) is 11.6 Å². The summed E-state index contributed by atoms with van der Waals surface area (Å²) in [4.78, 5) is 0. The average molecular weight is 109 g/mol. The van der Waals surface area contributed by atoms with Gasteiger partial charge in [-0.05, 0) is 5.54 Å². The minimum atomic E-state index is 1.22. The predicted molar refractivity (Wildman–Crippen MR) is 29.0 cm³/mol. The Kier molecular flexibility index (Phi) is 31.3. The van der Waals surface area contributed by atoms with Crippen molar-refractivity contribution in [2.24, 2.45) is 0 Å². The molecule has 0 amide bonds. The van der Waals surface area contributed by atoms with Crippen LogP contribution in [0.2, 0.25) is 0 Å². The molecule has 0 aliphatic rings. The minimum Gasteiger partial charge on any atom is -0.388 e. The van der Waals surface area contributed by atoms with Gasteiger partial charge in [0.1, 0.15) is 0 Å². The summed E-state index contributed by atoms with van der Waals surface area (Å²) >= 11 is 4.76. The average Bonchev–Trinajstić information content (AvgIpc) is 1.39. The highest BCUT2D eigenvalue weighted by Gasteiger charge is 1.25. The van der Waals surface area contributed by atoms with Gasteiger partial charge in [-0.25, -0.2) is 0 Å². The van der Waals surface area contributed by atoms with Crippen molar-refractivity contribution < 1.29 is 4.74 Å². The molecule has 0 fully saturated rings. The lowest BCUT2D eigenvalue weighted by molar-refractivity contribution is 0.277. The van der Waals surface area contributed by atoms with Crippen LogP contribution in [0.5, 0.6) is 0 Å². The monoisotopic (exact) mass is 108 g/mol. The third-order valence-electron chi connectivity index (χ3n) is 0. The van der Waals surface area contributed by atoms with Crippen molar-refractivity contribution in [1.29, 1.82) is 0 Å². The lowest BCUT2D eigenvalue weighted by atomic mass is 11.3. The number of hydrogen-bond acceptors (Lipinski definition) is 1. The normalized spacial score (nSPS) is 5.17. The largest absolute Gasteiger partial charge is 0.388 e. The third-order valence-corrected chi connectivity index (χ3v) is 0. The molecule has 0 rings (SSSR count). The standard InChI is InChI=1S/C2H3Cl.C2H6O/c1-2-3;1-3-2/h2H,1H2;1-2H3. The van der Waals surface area contributed by atoms with Crippen molar-refractivity contribution in [2.75, 3.05) is 14.2 Å². The number of methoxy groups -OCH3 is 1. The molecule has 0 spiro atoms. The molecular formula is C4H9ClO. The lowest BCUT2D eigenvalue weighted by Crippen LogP contribution is -1.55. The van der Waals surface area contributed by atoms with E-state index in [0.717, 1.165) is 0 Å². The van der Waals surface area contributed by atoms with E-state index >= 15 is 0 Å². The number of halogens is 1. The molecule has 0 N–H and O–H groups in total. The second-order valence-corrected chi connectivity index (χ2v) is 0.871. The molecule has 0 aliphatic carbocycles. The van der Waals surface area contributed by atoms with Gasteiger partial charge in [-0.1, -0.05) is 18.2 Å². The summed E-state index contributed by atoms with van der Waals surface area (Å²) < 4.78 is 4.25. The maximum atomic E-state index is 4.76. The quantitative estimate of drug-likeness (QED) is 0.458. The zero-order valence-corrected chi connectivity index (χ0v) is 4.83. The van der Waals surface area contributed by atoms with Crippen molar-refractivity contribution in [3.8, 4) is 0 Å². The Morgan fingerprint density at radius 3 is 1.67 bits per heavy atom. The summed E-state index contributed by atoms with van der Waals surface area (Å²) in [6.07, 6.45) is 0. The van der Waals surface area contributed by atoms with Gasteiger partial charge in [0.15, 0.2) is 0 Å². The van der Waals surface area contributed by atoms with Crippen LogP contribution in [0, 0.1) is 0 Å². The van der Waals surface area contributed by atoms with E-state index in [0.29, 0.717) is 0 Å². The smallest absolute Gasteiger partial charge is 0.0351 e. The van der Waals surface area contributed by atoms with Crippen molar-refractivity contribution in [3.05, 3.63) is 12.1 Å². The van der Waals surface area contributed by atoms with Crippen LogP contribution in [0.15, 0.2) is 12.1 Å². The molecule has 0 atom stereocenters. The zero-order valence-electron chi connectivity index (χ0n) is 4.07. The lowest BCUT2D eigenvalue weighted by Gasteiger charge is -1.61. The molecule has 0 bridgehead atoms. The summed E-state index contributed by atoms with van der Waals surface area (Å²) in [7, 11) is 3.25. The van der Waals surface area contributed by atoms with E-state index in [2.05, 4.69) is 11.3 Å². The van der Waals surface area contributed by atoms with Crippen molar-refractivity contribution in [1.82, 2.24) is 0 Å². The van der Waals surface area contributed by atoms with Gasteiger partial charge in [-0.2, -0.15) is 0 Å². The van der Waals surface area contributed by atoms with Gasteiger partial charge in [0, 0.05) is 14.2 Å². The van der Waals surface area contributed by atoms with Gasteiger partial charge in [0.2, 0.25) is 0 Å². The topological polar surface area (TPSA) is 9.23 Å². The van der Waals surface area contributed by atoms with E-state index in [1.165, 1.54) is 5.54 Å². The van der Waals surface area contributed by atoms with Gasteiger partial charge in [-0.3, -0.25) is 0 Å². The van der Waals surface area contributed by atoms with Crippen LogP contribution in [0.4, 0.5) is 0 Å². The van der Waals surface area contributed by atoms with Crippen LogP contribution in [0.25, 0.3) is 0 Å². The molecule has 38 valence electrons. The maximum Gasteiger partial charge on any atom is 0.0351 e. The molecule has 0 aromatic rings. The first-order valence-corrected chi connectivity index (χ1v) is 1.88. The Morgan fingerprint density at radius 2 is 1.67 bits per heavy atom. The fourth-order valence-corrected chi connectivity index (χ4v) is 0. The highest BCUT2D eigenvalue weighted by molar-refractivity contribution is 6.25. The van der Waals surface area contributed by atoms with Crippen molar-refractivity contribution in [2.45, 2.75) is 0 Å². The molecule has 0 unspecified atom stereocenters. The Bertz CT molecular complexity index is 21.5. The molecule has 0 saturated heterocycles. The Morgan fingerprint density at radius 1 is 1.67 bits per heavy atom. The Balaban J connectivity index is 0. The summed E-state index contributed by atoms with van der Waals surface area (Å²) in [5, 5.41) is 0. The van der Waals surface area contributed by atoms with Crippen LogP contribution in [-0.2, 0) is 4.74 Å². The predicted octanol–water partition coefficient (Wildman–Crippen LogP) is 1.63. The van der Waals surface area contributed by atoms with Crippen molar-refractivity contribution >= 4 is 11.6 Å². The summed E-state index contributed by atoms with van der Waals surface area (Å²) in [5.41, 5.74) is 1.22.